The lowest BCUT2D eigenvalue weighted by atomic mass is 9.94. The Morgan fingerprint density at radius 3 is 3.10 bits per heavy atom. The van der Waals surface area contributed by atoms with E-state index in [-0.39, 0.29) is 11.7 Å². The largest absolute Gasteiger partial charge is 0.468 e. The van der Waals surface area contributed by atoms with E-state index in [1.54, 1.807) is 0 Å². The number of hydrogen-bond donors (Lipinski definition) is 1. The summed E-state index contributed by atoms with van der Waals surface area (Å²) < 4.78 is 5.36. The van der Waals surface area contributed by atoms with Gasteiger partial charge < -0.3 is 9.73 Å². The standard InChI is InChI=1S/C15H16N2O3S/c1-2-9-8-21-13(17-9)6-16-15(19)10-7-20-12-5-3-4-11(18)14(10)12/h7-8H,2-6H2,1H3,(H,16,19). The Hall–Kier alpha value is -1.95. The first kappa shape index (κ1) is 14.0. The van der Waals surface area contributed by atoms with E-state index in [1.807, 2.05) is 12.3 Å². The normalized spacial score (nSPS) is 14.0. The Labute approximate surface area is 126 Å². The number of aromatic nitrogens is 1. The summed E-state index contributed by atoms with van der Waals surface area (Å²) in [7, 11) is 0. The number of nitrogens with zero attached hydrogens (tertiary/aromatic N) is 1. The fraction of sp³-hybridized carbons (Fsp3) is 0.400. The minimum atomic E-state index is -0.275. The van der Waals surface area contributed by atoms with Gasteiger partial charge in [0.05, 0.1) is 23.4 Å². The number of amides is 1. The Morgan fingerprint density at radius 1 is 1.48 bits per heavy atom. The van der Waals surface area contributed by atoms with Crippen molar-refractivity contribution < 1.29 is 14.0 Å². The Morgan fingerprint density at radius 2 is 2.33 bits per heavy atom. The minimum Gasteiger partial charge on any atom is -0.468 e. The number of nitrogens with one attached hydrogen (secondary N) is 1. The van der Waals surface area contributed by atoms with Gasteiger partial charge >= 0.3 is 0 Å². The number of rotatable bonds is 4. The van der Waals surface area contributed by atoms with Gasteiger partial charge in [-0.15, -0.1) is 11.3 Å². The molecule has 0 radical (unpaired) electrons. The van der Waals surface area contributed by atoms with Crippen LogP contribution >= 0.6 is 11.3 Å². The number of Topliss-reactive ketones (excluding diaryl/α,β-unsaturated/α-hetero) is 1. The van der Waals surface area contributed by atoms with Crippen LogP contribution in [0.15, 0.2) is 16.1 Å². The summed E-state index contributed by atoms with van der Waals surface area (Å²) in [6, 6.07) is 0. The van der Waals surface area contributed by atoms with Crippen LogP contribution in [0.1, 0.15) is 56.9 Å². The highest BCUT2D eigenvalue weighted by Gasteiger charge is 2.27. The van der Waals surface area contributed by atoms with Crippen molar-refractivity contribution in [1.82, 2.24) is 10.3 Å². The molecule has 0 saturated carbocycles. The quantitative estimate of drug-likeness (QED) is 0.942. The van der Waals surface area contributed by atoms with Crippen molar-refractivity contribution in [2.45, 2.75) is 39.2 Å². The summed E-state index contributed by atoms with van der Waals surface area (Å²) in [6.07, 6.45) is 4.27. The summed E-state index contributed by atoms with van der Waals surface area (Å²) in [5.74, 6) is 0.361. The number of carbonyl (C=O) groups is 2. The van der Waals surface area contributed by atoms with E-state index in [9.17, 15) is 9.59 Å². The molecule has 2 aromatic rings. The molecule has 5 nitrogen and oxygen atoms in total. The van der Waals surface area contributed by atoms with Gasteiger partial charge in [0, 0.05) is 18.2 Å². The van der Waals surface area contributed by atoms with E-state index in [0.29, 0.717) is 29.9 Å². The summed E-state index contributed by atoms with van der Waals surface area (Å²) in [4.78, 5) is 28.6. The lowest BCUT2D eigenvalue weighted by Crippen LogP contribution is -2.25. The van der Waals surface area contributed by atoms with E-state index < -0.39 is 0 Å². The van der Waals surface area contributed by atoms with Gasteiger partial charge in [-0.05, 0) is 12.8 Å². The van der Waals surface area contributed by atoms with E-state index in [1.165, 1.54) is 17.6 Å². The van der Waals surface area contributed by atoms with Crippen LogP contribution in [0.3, 0.4) is 0 Å². The summed E-state index contributed by atoms with van der Waals surface area (Å²) in [5.41, 5.74) is 1.84. The van der Waals surface area contributed by atoms with Crippen molar-refractivity contribution in [2.24, 2.45) is 0 Å². The maximum absolute atomic E-state index is 12.2. The van der Waals surface area contributed by atoms with Crippen LogP contribution in [0, 0.1) is 0 Å². The van der Waals surface area contributed by atoms with Crippen LogP contribution in [-0.4, -0.2) is 16.7 Å². The maximum Gasteiger partial charge on any atom is 0.255 e. The van der Waals surface area contributed by atoms with E-state index in [4.69, 9.17) is 4.42 Å². The number of thiazole rings is 1. The molecule has 1 amide bonds. The molecule has 0 spiro atoms. The molecule has 3 rings (SSSR count). The number of hydrogen-bond acceptors (Lipinski definition) is 5. The molecule has 0 aromatic carbocycles. The lowest BCUT2D eigenvalue weighted by Gasteiger charge is -2.09. The van der Waals surface area contributed by atoms with E-state index in [0.717, 1.165) is 30.0 Å². The second-order valence-corrected chi connectivity index (χ2v) is 5.94. The third kappa shape index (κ3) is 2.76. The average molecular weight is 304 g/mol. The maximum atomic E-state index is 12.2. The third-order valence-electron chi connectivity index (χ3n) is 3.56. The van der Waals surface area contributed by atoms with Crippen molar-refractivity contribution in [3.05, 3.63) is 39.2 Å². The summed E-state index contributed by atoms with van der Waals surface area (Å²) >= 11 is 1.53. The van der Waals surface area contributed by atoms with Gasteiger partial charge in [-0.25, -0.2) is 4.98 Å². The first-order valence-electron chi connectivity index (χ1n) is 7.04. The third-order valence-corrected chi connectivity index (χ3v) is 4.46. The van der Waals surface area contributed by atoms with Crippen molar-refractivity contribution in [1.29, 1.82) is 0 Å². The van der Waals surface area contributed by atoms with Crippen molar-refractivity contribution in [2.75, 3.05) is 0 Å². The molecule has 6 heteroatoms. The van der Waals surface area contributed by atoms with Crippen molar-refractivity contribution >= 4 is 23.0 Å². The van der Waals surface area contributed by atoms with Crippen LogP contribution < -0.4 is 5.32 Å². The molecular weight excluding hydrogens is 288 g/mol. The van der Waals surface area contributed by atoms with Crippen LogP contribution in [-0.2, 0) is 19.4 Å². The Kier molecular flexibility index (Phi) is 3.88. The molecule has 0 bridgehead atoms. The Bertz CT molecular complexity index is 687. The van der Waals surface area contributed by atoms with E-state index >= 15 is 0 Å². The smallest absolute Gasteiger partial charge is 0.255 e. The molecule has 2 heterocycles. The van der Waals surface area contributed by atoms with Crippen molar-refractivity contribution in [3.63, 3.8) is 0 Å². The lowest BCUT2D eigenvalue weighted by molar-refractivity contribution is 0.0926. The number of furan rings is 1. The summed E-state index contributed by atoms with van der Waals surface area (Å²) in [6.45, 7) is 2.42. The number of fused-ring (bicyclic) bond motifs is 1. The topological polar surface area (TPSA) is 72.2 Å². The van der Waals surface area contributed by atoms with Gasteiger partial charge in [0.2, 0.25) is 0 Å². The molecule has 21 heavy (non-hydrogen) atoms. The molecule has 1 N–H and O–H groups in total. The fourth-order valence-corrected chi connectivity index (χ4v) is 3.25. The highest BCUT2D eigenvalue weighted by atomic mass is 32.1. The van der Waals surface area contributed by atoms with Crippen LogP contribution in [0.2, 0.25) is 0 Å². The summed E-state index contributed by atoms with van der Waals surface area (Å²) in [5, 5.41) is 5.66. The average Bonchev–Trinajstić information content (AvgIpc) is 3.12. The van der Waals surface area contributed by atoms with E-state index in [2.05, 4.69) is 10.3 Å². The second-order valence-electron chi connectivity index (χ2n) is 4.99. The molecule has 1 aliphatic rings. The van der Waals surface area contributed by atoms with Gasteiger partial charge in [0.1, 0.15) is 17.0 Å². The van der Waals surface area contributed by atoms with Gasteiger partial charge in [-0.2, -0.15) is 0 Å². The molecule has 0 saturated heterocycles. The van der Waals surface area contributed by atoms with Gasteiger partial charge in [-0.1, -0.05) is 6.92 Å². The van der Waals surface area contributed by atoms with Crippen LogP contribution in [0.5, 0.6) is 0 Å². The number of ketones is 1. The predicted molar refractivity (Wildman–Crippen MR) is 78.6 cm³/mol. The molecular formula is C15H16N2O3S. The highest BCUT2D eigenvalue weighted by Crippen LogP contribution is 2.26. The van der Waals surface area contributed by atoms with Gasteiger partial charge in [-0.3, -0.25) is 9.59 Å². The molecule has 1 aliphatic carbocycles. The second kappa shape index (κ2) is 5.81. The zero-order valence-electron chi connectivity index (χ0n) is 11.8. The molecule has 0 unspecified atom stereocenters. The SMILES string of the molecule is CCc1csc(CNC(=O)c2coc3c2C(=O)CCC3)n1. The minimum absolute atomic E-state index is 0.00216. The molecule has 0 aliphatic heterocycles. The zero-order valence-corrected chi connectivity index (χ0v) is 12.6. The fourth-order valence-electron chi connectivity index (χ4n) is 2.43. The van der Waals surface area contributed by atoms with Crippen molar-refractivity contribution in [3.8, 4) is 0 Å². The highest BCUT2D eigenvalue weighted by molar-refractivity contribution is 7.09. The van der Waals surface area contributed by atoms with Crippen LogP contribution in [0.25, 0.3) is 0 Å². The van der Waals surface area contributed by atoms with Crippen LogP contribution in [0.4, 0.5) is 0 Å². The number of carbonyl (C=O) groups excluding carboxylic acids is 2. The molecule has 0 fully saturated rings. The number of aryl methyl sites for hydroxylation is 2. The molecule has 0 atom stereocenters. The first-order chi connectivity index (χ1) is 10.2. The molecule has 110 valence electrons. The molecule has 2 aromatic heterocycles. The van der Waals surface area contributed by atoms with Gasteiger partial charge in [0.15, 0.2) is 5.78 Å². The zero-order chi connectivity index (χ0) is 14.8. The Balaban J connectivity index is 1.71. The monoisotopic (exact) mass is 304 g/mol. The van der Waals surface area contributed by atoms with Gasteiger partial charge in [0.25, 0.3) is 5.91 Å². The first-order valence-corrected chi connectivity index (χ1v) is 7.92. The predicted octanol–water partition coefficient (Wildman–Crippen LogP) is 2.75.